The molecule has 112 valence electrons. The Morgan fingerprint density at radius 1 is 1.14 bits per heavy atom. The van der Waals surface area contributed by atoms with E-state index in [0.29, 0.717) is 5.92 Å². The molecule has 2 aromatic rings. The summed E-state index contributed by atoms with van der Waals surface area (Å²) >= 11 is 0. The number of aromatic nitrogens is 1. The van der Waals surface area contributed by atoms with Gasteiger partial charge in [0.1, 0.15) is 0 Å². The number of rotatable bonds is 1. The Kier molecular flexibility index (Phi) is 3.53. The highest BCUT2D eigenvalue weighted by Gasteiger charge is 2.45. The summed E-state index contributed by atoms with van der Waals surface area (Å²) < 4.78 is 0. The molecule has 2 N–H and O–H groups in total. The van der Waals surface area contributed by atoms with Crippen molar-refractivity contribution in [3.05, 3.63) is 42.1 Å². The van der Waals surface area contributed by atoms with Crippen molar-refractivity contribution in [1.29, 1.82) is 0 Å². The molecule has 1 heterocycles. The van der Waals surface area contributed by atoms with Crippen molar-refractivity contribution >= 4 is 10.9 Å². The number of para-hydroxylation sites is 1. The SMILES string of the molecule is CC(C)(C)C1CCCCC1(N)c1cccc2cccnc12. The van der Waals surface area contributed by atoms with Crippen LogP contribution >= 0.6 is 0 Å². The fourth-order valence-corrected chi connectivity index (χ4v) is 4.21. The molecule has 1 fully saturated rings. The van der Waals surface area contributed by atoms with Gasteiger partial charge in [0, 0.05) is 17.1 Å². The molecule has 0 amide bonds. The highest BCUT2D eigenvalue weighted by atomic mass is 14.8. The van der Waals surface area contributed by atoms with Gasteiger partial charge in [0.2, 0.25) is 0 Å². The van der Waals surface area contributed by atoms with E-state index < -0.39 is 0 Å². The van der Waals surface area contributed by atoms with Crippen LogP contribution in [0.15, 0.2) is 36.5 Å². The lowest BCUT2D eigenvalue weighted by atomic mass is 9.60. The Morgan fingerprint density at radius 3 is 2.67 bits per heavy atom. The maximum atomic E-state index is 7.04. The summed E-state index contributed by atoms with van der Waals surface area (Å²) in [4.78, 5) is 4.64. The topological polar surface area (TPSA) is 38.9 Å². The van der Waals surface area contributed by atoms with E-state index in [0.717, 1.165) is 11.9 Å². The van der Waals surface area contributed by atoms with E-state index in [4.69, 9.17) is 5.73 Å². The number of nitrogens with zero attached hydrogens (tertiary/aromatic N) is 1. The molecule has 1 aromatic heterocycles. The normalized spacial score (nSPS) is 27.0. The molecular weight excluding hydrogens is 256 g/mol. The summed E-state index contributed by atoms with van der Waals surface area (Å²) in [5.41, 5.74) is 9.31. The van der Waals surface area contributed by atoms with Crippen LogP contribution in [0.1, 0.15) is 52.0 Å². The molecule has 0 spiro atoms. The minimum atomic E-state index is -0.260. The second kappa shape index (κ2) is 5.10. The largest absolute Gasteiger partial charge is 0.321 e. The number of hydrogen-bond acceptors (Lipinski definition) is 2. The molecule has 0 bridgehead atoms. The van der Waals surface area contributed by atoms with Gasteiger partial charge in [0.15, 0.2) is 0 Å². The van der Waals surface area contributed by atoms with Crippen LogP contribution in [0.4, 0.5) is 0 Å². The molecule has 1 saturated carbocycles. The quantitative estimate of drug-likeness (QED) is 0.828. The average Bonchev–Trinajstić information content (AvgIpc) is 2.46. The van der Waals surface area contributed by atoms with E-state index in [-0.39, 0.29) is 11.0 Å². The predicted octanol–water partition coefficient (Wildman–Crippen LogP) is 4.63. The summed E-state index contributed by atoms with van der Waals surface area (Å²) in [7, 11) is 0. The van der Waals surface area contributed by atoms with Crippen molar-refractivity contribution in [1.82, 2.24) is 4.98 Å². The van der Waals surface area contributed by atoms with Gasteiger partial charge in [-0.25, -0.2) is 0 Å². The first-order valence-corrected chi connectivity index (χ1v) is 8.06. The predicted molar refractivity (Wildman–Crippen MR) is 89.0 cm³/mol. The summed E-state index contributed by atoms with van der Waals surface area (Å²) in [5, 5.41) is 1.19. The molecule has 3 rings (SSSR count). The number of fused-ring (bicyclic) bond motifs is 1. The highest BCUT2D eigenvalue weighted by Crippen LogP contribution is 2.49. The van der Waals surface area contributed by atoms with Crippen molar-refractivity contribution in [3.63, 3.8) is 0 Å². The highest BCUT2D eigenvalue weighted by molar-refractivity contribution is 5.82. The van der Waals surface area contributed by atoms with E-state index in [1.807, 2.05) is 12.3 Å². The van der Waals surface area contributed by atoms with Gasteiger partial charge in [-0.05, 0) is 35.8 Å². The summed E-state index contributed by atoms with van der Waals surface area (Å²) in [6, 6.07) is 10.6. The monoisotopic (exact) mass is 282 g/mol. The molecular formula is C19H26N2. The Morgan fingerprint density at radius 2 is 1.90 bits per heavy atom. The molecule has 0 saturated heterocycles. The first-order valence-electron chi connectivity index (χ1n) is 8.06. The fourth-order valence-electron chi connectivity index (χ4n) is 4.21. The maximum Gasteiger partial charge on any atom is 0.0752 e. The molecule has 1 aromatic carbocycles. The first kappa shape index (κ1) is 14.5. The Balaban J connectivity index is 2.18. The zero-order valence-corrected chi connectivity index (χ0v) is 13.4. The van der Waals surface area contributed by atoms with Gasteiger partial charge in [-0.2, -0.15) is 0 Å². The van der Waals surface area contributed by atoms with E-state index in [1.165, 1.54) is 30.2 Å². The third-order valence-electron chi connectivity index (χ3n) is 5.13. The number of benzene rings is 1. The van der Waals surface area contributed by atoms with Crippen LogP contribution in [0.3, 0.4) is 0 Å². The molecule has 2 unspecified atom stereocenters. The number of nitrogens with two attached hydrogens (primary N) is 1. The number of hydrogen-bond donors (Lipinski definition) is 1. The summed E-state index contributed by atoms with van der Waals surface area (Å²) in [5.74, 6) is 0.492. The van der Waals surface area contributed by atoms with Crippen LogP contribution in [-0.2, 0) is 5.54 Å². The van der Waals surface area contributed by atoms with Crippen LogP contribution in [0.2, 0.25) is 0 Å². The van der Waals surface area contributed by atoms with Gasteiger partial charge in [-0.15, -0.1) is 0 Å². The number of pyridine rings is 1. The minimum Gasteiger partial charge on any atom is -0.321 e. The van der Waals surface area contributed by atoms with Crippen molar-refractivity contribution in [2.45, 2.75) is 52.0 Å². The summed E-state index contributed by atoms with van der Waals surface area (Å²) in [6.07, 6.45) is 6.66. The molecule has 0 aliphatic heterocycles. The van der Waals surface area contributed by atoms with Crippen molar-refractivity contribution in [2.75, 3.05) is 0 Å². The minimum absolute atomic E-state index is 0.214. The average molecular weight is 282 g/mol. The van der Waals surface area contributed by atoms with Crippen LogP contribution in [0, 0.1) is 11.3 Å². The molecule has 2 atom stereocenters. The van der Waals surface area contributed by atoms with Crippen molar-refractivity contribution in [2.24, 2.45) is 17.1 Å². The molecule has 1 aliphatic rings. The lowest BCUT2D eigenvalue weighted by Crippen LogP contribution is -2.51. The van der Waals surface area contributed by atoms with Gasteiger partial charge in [0.25, 0.3) is 0 Å². The van der Waals surface area contributed by atoms with Crippen molar-refractivity contribution < 1.29 is 0 Å². The van der Waals surface area contributed by atoms with E-state index >= 15 is 0 Å². The van der Waals surface area contributed by atoms with Gasteiger partial charge in [0.05, 0.1) is 5.52 Å². The molecule has 2 nitrogen and oxygen atoms in total. The van der Waals surface area contributed by atoms with Crippen LogP contribution in [0.5, 0.6) is 0 Å². The fraction of sp³-hybridized carbons (Fsp3) is 0.526. The van der Waals surface area contributed by atoms with Crippen LogP contribution < -0.4 is 5.73 Å². The smallest absolute Gasteiger partial charge is 0.0752 e. The molecule has 2 heteroatoms. The third-order valence-corrected chi connectivity index (χ3v) is 5.13. The van der Waals surface area contributed by atoms with Gasteiger partial charge in [-0.3, -0.25) is 4.98 Å². The van der Waals surface area contributed by atoms with Gasteiger partial charge >= 0.3 is 0 Å². The molecule has 0 radical (unpaired) electrons. The van der Waals surface area contributed by atoms with Crippen molar-refractivity contribution in [3.8, 4) is 0 Å². The molecule has 1 aliphatic carbocycles. The third kappa shape index (κ3) is 2.46. The van der Waals surface area contributed by atoms with E-state index in [9.17, 15) is 0 Å². The Bertz CT molecular complexity index is 636. The Labute approximate surface area is 127 Å². The first-order chi connectivity index (χ1) is 9.93. The van der Waals surface area contributed by atoms with E-state index in [1.54, 1.807) is 0 Å². The second-order valence-electron chi connectivity index (χ2n) is 7.59. The van der Waals surface area contributed by atoms with Gasteiger partial charge in [-0.1, -0.05) is 57.9 Å². The zero-order valence-electron chi connectivity index (χ0n) is 13.4. The van der Waals surface area contributed by atoms with Crippen LogP contribution in [-0.4, -0.2) is 4.98 Å². The standard InChI is InChI=1S/C19H26N2/c1-18(2,3)16-11-4-5-12-19(16,20)15-10-6-8-14-9-7-13-21-17(14)15/h6-10,13,16H,4-5,11-12,20H2,1-3H3. The Hall–Kier alpha value is -1.41. The van der Waals surface area contributed by atoms with Crippen LogP contribution in [0.25, 0.3) is 10.9 Å². The van der Waals surface area contributed by atoms with E-state index in [2.05, 4.69) is 50.0 Å². The summed E-state index contributed by atoms with van der Waals surface area (Å²) in [6.45, 7) is 6.97. The molecule has 21 heavy (non-hydrogen) atoms. The lowest BCUT2D eigenvalue weighted by Gasteiger charge is -2.48. The zero-order chi connectivity index (χ0) is 15.1. The lowest BCUT2D eigenvalue weighted by molar-refractivity contribution is 0.0787. The second-order valence-corrected chi connectivity index (χ2v) is 7.59. The maximum absolute atomic E-state index is 7.04. The van der Waals surface area contributed by atoms with Gasteiger partial charge < -0.3 is 5.73 Å².